The van der Waals surface area contributed by atoms with Crippen molar-refractivity contribution in [3.8, 4) is 0 Å². The quantitative estimate of drug-likeness (QED) is 0.674. The van der Waals surface area contributed by atoms with Gasteiger partial charge in [0.25, 0.3) is 0 Å². The van der Waals surface area contributed by atoms with Crippen LogP contribution < -0.4 is 5.32 Å². The molecule has 2 heteroatoms. The van der Waals surface area contributed by atoms with Crippen LogP contribution in [0, 0.1) is 17.8 Å². The summed E-state index contributed by atoms with van der Waals surface area (Å²) in [5.74, 6) is 2.68. The zero-order valence-electron chi connectivity index (χ0n) is 9.46. The molecule has 2 aliphatic carbocycles. The minimum atomic E-state index is 0.653. The van der Waals surface area contributed by atoms with Gasteiger partial charge in [-0.15, -0.1) is 0 Å². The molecule has 0 aromatic rings. The zero-order chi connectivity index (χ0) is 9.97. The van der Waals surface area contributed by atoms with E-state index in [4.69, 9.17) is 4.74 Å². The van der Waals surface area contributed by atoms with Gasteiger partial charge >= 0.3 is 0 Å². The van der Waals surface area contributed by atoms with Crippen LogP contribution in [0.2, 0.25) is 0 Å². The lowest BCUT2D eigenvalue weighted by molar-refractivity contribution is 0.155. The van der Waals surface area contributed by atoms with Crippen LogP contribution in [0.4, 0.5) is 0 Å². The van der Waals surface area contributed by atoms with Gasteiger partial charge in [-0.2, -0.15) is 0 Å². The van der Waals surface area contributed by atoms with Gasteiger partial charge in [-0.05, 0) is 43.4 Å². The predicted octanol–water partition coefficient (Wildman–Crippen LogP) is 2.05. The molecule has 0 aromatic heterocycles. The normalized spacial score (nSPS) is 24.2. The van der Waals surface area contributed by atoms with E-state index in [-0.39, 0.29) is 0 Å². The topological polar surface area (TPSA) is 21.3 Å². The Labute approximate surface area is 87.4 Å². The molecule has 2 aliphatic rings. The SMILES string of the molecule is COCC(C)CNC(C1CC1)C1CC1. The Kier molecular flexibility index (Phi) is 3.45. The maximum Gasteiger partial charge on any atom is 0.0499 e. The number of nitrogens with one attached hydrogen (secondary N) is 1. The zero-order valence-corrected chi connectivity index (χ0v) is 9.46. The van der Waals surface area contributed by atoms with Crippen molar-refractivity contribution in [2.75, 3.05) is 20.3 Å². The van der Waals surface area contributed by atoms with Crippen molar-refractivity contribution in [2.24, 2.45) is 17.8 Å². The van der Waals surface area contributed by atoms with E-state index in [1.54, 1.807) is 7.11 Å². The van der Waals surface area contributed by atoms with Crippen molar-refractivity contribution in [2.45, 2.75) is 38.6 Å². The summed E-state index contributed by atoms with van der Waals surface area (Å²) in [7, 11) is 1.79. The standard InChI is InChI=1S/C12H23NO/c1-9(8-14-2)7-13-12(10-3-4-10)11-5-6-11/h9-13H,3-8H2,1-2H3. The summed E-state index contributed by atoms with van der Waals surface area (Å²) < 4.78 is 5.15. The van der Waals surface area contributed by atoms with Crippen molar-refractivity contribution in [3.05, 3.63) is 0 Å². The fraction of sp³-hybridized carbons (Fsp3) is 1.00. The molecule has 0 heterocycles. The van der Waals surface area contributed by atoms with E-state index in [0.717, 1.165) is 31.0 Å². The fourth-order valence-corrected chi connectivity index (χ4v) is 2.31. The van der Waals surface area contributed by atoms with Gasteiger partial charge in [0.05, 0.1) is 0 Å². The second-order valence-electron chi connectivity index (χ2n) is 5.17. The molecule has 1 N–H and O–H groups in total. The first-order valence-electron chi connectivity index (χ1n) is 6.03. The molecule has 2 saturated carbocycles. The Bertz CT molecular complexity index is 163. The van der Waals surface area contributed by atoms with E-state index in [9.17, 15) is 0 Å². The molecule has 0 radical (unpaired) electrons. The Balaban J connectivity index is 1.66. The van der Waals surface area contributed by atoms with Crippen LogP contribution in [0.1, 0.15) is 32.6 Å². The maximum atomic E-state index is 5.15. The molecular weight excluding hydrogens is 174 g/mol. The highest BCUT2D eigenvalue weighted by Gasteiger charge is 2.40. The average molecular weight is 197 g/mol. The smallest absolute Gasteiger partial charge is 0.0499 e. The van der Waals surface area contributed by atoms with E-state index in [0.29, 0.717) is 5.92 Å². The van der Waals surface area contributed by atoms with Crippen LogP contribution in [-0.4, -0.2) is 26.3 Å². The first kappa shape index (κ1) is 10.4. The molecule has 0 saturated heterocycles. The Morgan fingerprint density at radius 3 is 2.21 bits per heavy atom. The third-order valence-electron chi connectivity index (χ3n) is 3.41. The molecule has 0 amide bonds. The van der Waals surface area contributed by atoms with Crippen LogP contribution in [0.15, 0.2) is 0 Å². The van der Waals surface area contributed by atoms with Gasteiger partial charge in [0, 0.05) is 26.3 Å². The van der Waals surface area contributed by atoms with Gasteiger partial charge in [-0.25, -0.2) is 0 Å². The molecule has 1 unspecified atom stereocenters. The molecule has 0 spiro atoms. The summed E-state index contributed by atoms with van der Waals surface area (Å²) in [4.78, 5) is 0. The second-order valence-corrected chi connectivity index (χ2v) is 5.17. The molecule has 1 atom stereocenters. The molecule has 2 rings (SSSR count). The second kappa shape index (κ2) is 4.63. The summed E-state index contributed by atoms with van der Waals surface area (Å²) >= 11 is 0. The van der Waals surface area contributed by atoms with E-state index in [1.807, 2.05) is 0 Å². The highest BCUT2D eigenvalue weighted by atomic mass is 16.5. The number of hydrogen-bond acceptors (Lipinski definition) is 2. The monoisotopic (exact) mass is 197 g/mol. The maximum absolute atomic E-state index is 5.15. The fourth-order valence-electron chi connectivity index (χ4n) is 2.31. The van der Waals surface area contributed by atoms with Gasteiger partial charge in [0.1, 0.15) is 0 Å². The number of hydrogen-bond donors (Lipinski definition) is 1. The van der Waals surface area contributed by atoms with Crippen LogP contribution >= 0.6 is 0 Å². The van der Waals surface area contributed by atoms with Crippen LogP contribution in [0.5, 0.6) is 0 Å². The average Bonchev–Trinajstić information content (AvgIpc) is 3.01. The van der Waals surface area contributed by atoms with Gasteiger partial charge in [-0.1, -0.05) is 6.92 Å². The molecule has 82 valence electrons. The highest BCUT2D eigenvalue weighted by Crippen LogP contribution is 2.44. The lowest BCUT2D eigenvalue weighted by Crippen LogP contribution is -2.37. The van der Waals surface area contributed by atoms with Crippen LogP contribution in [0.3, 0.4) is 0 Å². The summed E-state index contributed by atoms with van der Waals surface area (Å²) in [6.07, 6.45) is 5.86. The summed E-state index contributed by atoms with van der Waals surface area (Å²) in [6, 6.07) is 0.842. The third kappa shape index (κ3) is 2.96. The Hall–Kier alpha value is -0.0800. The highest BCUT2D eigenvalue weighted by molar-refractivity contribution is 4.96. The summed E-state index contributed by atoms with van der Waals surface area (Å²) in [5, 5.41) is 3.75. The number of rotatable bonds is 7. The third-order valence-corrected chi connectivity index (χ3v) is 3.41. The van der Waals surface area contributed by atoms with E-state index in [1.165, 1.54) is 25.7 Å². The van der Waals surface area contributed by atoms with E-state index in [2.05, 4.69) is 12.2 Å². The number of methoxy groups -OCH3 is 1. The van der Waals surface area contributed by atoms with Crippen molar-refractivity contribution >= 4 is 0 Å². The van der Waals surface area contributed by atoms with E-state index < -0.39 is 0 Å². The Morgan fingerprint density at radius 2 is 1.79 bits per heavy atom. The molecule has 14 heavy (non-hydrogen) atoms. The molecule has 2 fully saturated rings. The minimum Gasteiger partial charge on any atom is -0.384 e. The van der Waals surface area contributed by atoms with E-state index >= 15 is 0 Å². The first-order valence-corrected chi connectivity index (χ1v) is 6.03. The lowest BCUT2D eigenvalue weighted by Gasteiger charge is -2.20. The van der Waals surface area contributed by atoms with Crippen molar-refractivity contribution in [1.82, 2.24) is 5.32 Å². The largest absolute Gasteiger partial charge is 0.384 e. The molecule has 0 aliphatic heterocycles. The van der Waals surface area contributed by atoms with Gasteiger partial charge in [0.2, 0.25) is 0 Å². The predicted molar refractivity (Wildman–Crippen MR) is 58.3 cm³/mol. The molecule has 0 bridgehead atoms. The molecule has 0 aromatic carbocycles. The minimum absolute atomic E-state index is 0.653. The summed E-state index contributed by atoms with van der Waals surface area (Å²) in [5.41, 5.74) is 0. The number of ether oxygens (including phenoxy) is 1. The van der Waals surface area contributed by atoms with Gasteiger partial charge in [-0.3, -0.25) is 0 Å². The van der Waals surface area contributed by atoms with Crippen LogP contribution in [0.25, 0.3) is 0 Å². The summed E-state index contributed by atoms with van der Waals surface area (Å²) in [6.45, 7) is 4.27. The Morgan fingerprint density at radius 1 is 1.21 bits per heavy atom. The van der Waals surface area contributed by atoms with Crippen molar-refractivity contribution in [1.29, 1.82) is 0 Å². The van der Waals surface area contributed by atoms with Gasteiger partial charge in [0.15, 0.2) is 0 Å². The van der Waals surface area contributed by atoms with Gasteiger partial charge < -0.3 is 10.1 Å². The first-order chi connectivity index (χ1) is 6.81. The molecule has 2 nitrogen and oxygen atoms in total. The van der Waals surface area contributed by atoms with Crippen molar-refractivity contribution < 1.29 is 4.74 Å². The lowest BCUT2D eigenvalue weighted by atomic mass is 10.1. The van der Waals surface area contributed by atoms with Crippen molar-refractivity contribution in [3.63, 3.8) is 0 Å². The molecular formula is C12H23NO. The van der Waals surface area contributed by atoms with Crippen LogP contribution in [-0.2, 0) is 4.74 Å².